The molecule has 0 spiro atoms. The number of primary amides is 1. The smallest absolute Gasteiger partial charge is 0.279 e. The van der Waals surface area contributed by atoms with Crippen molar-refractivity contribution in [2.24, 2.45) is 17.1 Å². The fourth-order valence-corrected chi connectivity index (χ4v) is 7.00. The number of aromatic nitrogens is 3. The second-order valence-electron chi connectivity index (χ2n) is 10.2. The van der Waals surface area contributed by atoms with Gasteiger partial charge in [0.15, 0.2) is 4.83 Å². The highest BCUT2D eigenvalue weighted by Gasteiger charge is 2.32. The Kier molecular flexibility index (Phi) is 6.25. The largest absolute Gasteiger partial charge is 0.366 e. The molecule has 36 heavy (non-hydrogen) atoms. The molecule has 3 heterocycles. The van der Waals surface area contributed by atoms with Gasteiger partial charge in [0.05, 0.1) is 10.9 Å². The topological polar surface area (TPSA) is 120 Å². The summed E-state index contributed by atoms with van der Waals surface area (Å²) in [6.45, 7) is 6.44. The van der Waals surface area contributed by atoms with Crippen LogP contribution in [0.4, 0.5) is 5.00 Å². The lowest BCUT2D eigenvalue weighted by molar-refractivity contribution is -0.117. The van der Waals surface area contributed by atoms with E-state index in [2.05, 4.69) is 36.4 Å². The number of nitrogens with two attached hydrogens (primary N) is 1. The first-order valence-corrected chi connectivity index (χ1v) is 13.4. The molecule has 0 fully saturated rings. The van der Waals surface area contributed by atoms with Crippen molar-refractivity contribution in [3.8, 4) is 10.4 Å². The molecule has 3 aromatic heterocycles. The fourth-order valence-electron chi connectivity index (χ4n) is 4.68. The molecule has 186 valence electrons. The minimum Gasteiger partial charge on any atom is -0.366 e. The number of carbonyl (C=O) groups is 2. The first kappa shape index (κ1) is 24.3. The first-order chi connectivity index (χ1) is 17.1. The van der Waals surface area contributed by atoms with Crippen molar-refractivity contribution in [1.82, 2.24) is 15.0 Å². The van der Waals surface area contributed by atoms with E-state index in [0.717, 1.165) is 39.9 Å². The number of amides is 2. The third kappa shape index (κ3) is 4.58. The van der Waals surface area contributed by atoms with Crippen LogP contribution in [0, 0.1) is 11.3 Å². The quantitative estimate of drug-likeness (QED) is 0.402. The van der Waals surface area contributed by atoms with Gasteiger partial charge in [0, 0.05) is 9.75 Å². The van der Waals surface area contributed by atoms with Gasteiger partial charge in [-0.25, -0.2) is 4.68 Å². The maximum Gasteiger partial charge on any atom is 0.279 e. The predicted octanol–water partition coefficient (Wildman–Crippen LogP) is 4.47. The third-order valence-corrected chi connectivity index (χ3v) is 9.00. The molecule has 2 amide bonds. The van der Waals surface area contributed by atoms with Crippen molar-refractivity contribution in [3.05, 3.63) is 62.8 Å². The SMILES string of the molecule is CC(C)(C)[C@@H]1CCc2c(sc3nnn(CC(=O)Nc4sc(-c5ccccc5)cc4C(N)=O)c(=O)c23)C1. The van der Waals surface area contributed by atoms with E-state index >= 15 is 0 Å². The Bertz CT molecular complexity index is 1530. The van der Waals surface area contributed by atoms with E-state index in [9.17, 15) is 14.4 Å². The molecule has 0 aliphatic heterocycles. The van der Waals surface area contributed by atoms with Crippen molar-refractivity contribution in [2.45, 2.75) is 46.6 Å². The van der Waals surface area contributed by atoms with Crippen molar-refractivity contribution >= 4 is 49.7 Å². The van der Waals surface area contributed by atoms with Crippen LogP contribution in [-0.2, 0) is 24.2 Å². The number of aryl methyl sites for hydroxylation is 1. The maximum absolute atomic E-state index is 13.3. The average Bonchev–Trinajstić information content (AvgIpc) is 3.42. The predicted molar refractivity (Wildman–Crippen MR) is 144 cm³/mol. The van der Waals surface area contributed by atoms with Gasteiger partial charge in [0.1, 0.15) is 11.5 Å². The van der Waals surface area contributed by atoms with Gasteiger partial charge in [-0.2, -0.15) is 0 Å². The van der Waals surface area contributed by atoms with Gasteiger partial charge in [-0.15, -0.1) is 27.8 Å². The van der Waals surface area contributed by atoms with Crippen molar-refractivity contribution in [1.29, 1.82) is 0 Å². The summed E-state index contributed by atoms with van der Waals surface area (Å²) in [6.07, 6.45) is 2.77. The van der Waals surface area contributed by atoms with Gasteiger partial charge in [0.25, 0.3) is 11.5 Å². The highest BCUT2D eigenvalue weighted by atomic mass is 32.1. The van der Waals surface area contributed by atoms with Crippen LogP contribution in [0.2, 0.25) is 0 Å². The van der Waals surface area contributed by atoms with E-state index < -0.39 is 11.8 Å². The van der Waals surface area contributed by atoms with E-state index in [1.165, 1.54) is 27.6 Å². The number of anilines is 1. The zero-order valence-electron chi connectivity index (χ0n) is 20.3. The zero-order chi connectivity index (χ0) is 25.6. The zero-order valence-corrected chi connectivity index (χ0v) is 22.0. The lowest BCUT2D eigenvalue weighted by Gasteiger charge is -2.33. The minimum absolute atomic E-state index is 0.198. The Labute approximate surface area is 216 Å². The molecule has 0 saturated heterocycles. The summed E-state index contributed by atoms with van der Waals surface area (Å²) >= 11 is 2.79. The number of thiophene rings is 2. The molecule has 0 saturated carbocycles. The Morgan fingerprint density at radius 2 is 1.94 bits per heavy atom. The summed E-state index contributed by atoms with van der Waals surface area (Å²) in [6, 6.07) is 11.2. The lowest BCUT2D eigenvalue weighted by atomic mass is 9.72. The Hall–Kier alpha value is -3.37. The molecule has 0 radical (unpaired) electrons. The van der Waals surface area contributed by atoms with Gasteiger partial charge in [0.2, 0.25) is 5.91 Å². The van der Waals surface area contributed by atoms with Crippen LogP contribution in [-0.4, -0.2) is 26.8 Å². The lowest BCUT2D eigenvalue weighted by Crippen LogP contribution is -2.31. The van der Waals surface area contributed by atoms with Crippen LogP contribution in [0.1, 0.15) is 48.0 Å². The van der Waals surface area contributed by atoms with E-state index in [4.69, 9.17) is 5.73 Å². The van der Waals surface area contributed by atoms with Crippen LogP contribution < -0.4 is 16.6 Å². The Morgan fingerprint density at radius 3 is 2.64 bits per heavy atom. The summed E-state index contributed by atoms with van der Waals surface area (Å²) < 4.78 is 1.09. The summed E-state index contributed by atoms with van der Waals surface area (Å²) in [5, 5.41) is 11.9. The average molecular weight is 522 g/mol. The molecule has 1 aromatic carbocycles. The monoisotopic (exact) mass is 521 g/mol. The molecule has 3 N–H and O–H groups in total. The third-order valence-electron chi connectivity index (χ3n) is 6.77. The van der Waals surface area contributed by atoms with Crippen LogP contribution in [0.5, 0.6) is 0 Å². The number of benzene rings is 1. The Morgan fingerprint density at radius 1 is 1.19 bits per heavy atom. The molecular formula is C26H27N5O3S2. The second kappa shape index (κ2) is 9.25. The number of carbonyl (C=O) groups excluding carboxylic acids is 2. The normalized spacial score (nSPS) is 15.6. The highest BCUT2D eigenvalue weighted by Crippen LogP contribution is 2.42. The molecule has 8 nitrogen and oxygen atoms in total. The molecular weight excluding hydrogens is 494 g/mol. The fraction of sp³-hybridized carbons (Fsp3) is 0.346. The summed E-state index contributed by atoms with van der Waals surface area (Å²) in [5.41, 5.74) is 7.62. The molecule has 1 aliphatic rings. The molecule has 10 heteroatoms. The standard InChI is InChI=1S/C26H27N5O3S2/c1-26(2,3)15-9-10-16-19(11-15)36-24-21(16)25(34)31(30-29-24)13-20(32)28-23-17(22(27)33)12-18(35-23)14-7-5-4-6-8-14/h4-8,12,15H,9-11,13H2,1-3H3,(H2,27,33)(H,28,32)/t15-/m1/s1. The van der Waals surface area contributed by atoms with Crippen LogP contribution in [0.3, 0.4) is 0 Å². The van der Waals surface area contributed by atoms with Crippen molar-refractivity contribution < 1.29 is 9.59 Å². The van der Waals surface area contributed by atoms with E-state index in [1.54, 1.807) is 6.07 Å². The first-order valence-electron chi connectivity index (χ1n) is 11.8. The second-order valence-corrected chi connectivity index (χ2v) is 12.3. The molecule has 0 unspecified atom stereocenters. The van der Waals surface area contributed by atoms with Gasteiger partial charge in [-0.1, -0.05) is 56.3 Å². The molecule has 1 aliphatic carbocycles. The Balaban J connectivity index is 1.40. The summed E-state index contributed by atoms with van der Waals surface area (Å²) in [4.78, 5) is 40.8. The summed E-state index contributed by atoms with van der Waals surface area (Å²) in [7, 11) is 0. The van der Waals surface area contributed by atoms with E-state index in [0.29, 0.717) is 21.1 Å². The summed E-state index contributed by atoms with van der Waals surface area (Å²) in [5.74, 6) is -0.572. The maximum atomic E-state index is 13.3. The van der Waals surface area contributed by atoms with Crippen LogP contribution in [0.25, 0.3) is 20.7 Å². The minimum atomic E-state index is -0.638. The highest BCUT2D eigenvalue weighted by molar-refractivity contribution is 7.20. The molecule has 1 atom stereocenters. The van der Waals surface area contributed by atoms with Gasteiger partial charge in [-0.05, 0) is 47.8 Å². The van der Waals surface area contributed by atoms with Crippen molar-refractivity contribution in [3.63, 3.8) is 0 Å². The molecule has 5 rings (SSSR count). The number of rotatable bonds is 5. The number of hydrogen-bond donors (Lipinski definition) is 2. The number of nitrogens with zero attached hydrogens (tertiary/aromatic N) is 3. The van der Waals surface area contributed by atoms with E-state index in [-0.39, 0.29) is 23.1 Å². The van der Waals surface area contributed by atoms with E-state index in [1.807, 2.05) is 30.3 Å². The van der Waals surface area contributed by atoms with Gasteiger partial charge < -0.3 is 11.1 Å². The number of hydrogen-bond acceptors (Lipinski definition) is 7. The molecule has 0 bridgehead atoms. The van der Waals surface area contributed by atoms with Gasteiger partial charge >= 0.3 is 0 Å². The van der Waals surface area contributed by atoms with Crippen molar-refractivity contribution in [2.75, 3.05) is 5.32 Å². The number of fused-ring (bicyclic) bond motifs is 3. The molecule has 4 aromatic rings. The number of nitrogens with one attached hydrogen (secondary N) is 1. The van der Waals surface area contributed by atoms with Crippen LogP contribution in [0.15, 0.2) is 41.2 Å². The van der Waals surface area contributed by atoms with Gasteiger partial charge in [-0.3, -0.25) is 14.4 Å². The van der Waals surface area contributed by atoms with Crippen LogP contribution >= 0.6 is 22.7 Å².